The maximum absolute atomic E-state index is 14.0. The normalized spacial score (nSPS) is 17.4. The first-order valence-corrected chi connectivity index (χ1v) is 10.3. The Balaban J connectivity index is 1.88. The summed E-state index contributed by atoms with van der Waals surface area (Å²) >= 11 is 0. The largest absolute Gasteiger partial charge is 0.507 e. The van der Waals surface area contributed by atoms with Gasteiger partial charge in [0.25, 0.3) is 11.7 Å². The molecule has 0 bridgehead atoms. The number of carbonyl (C=O) groups is 2. The number of carbonyl (C=O) groups excluding carboxylic acids is 2. The fourth-order valence-corrected chi connectivity index (χ4v) is 3.66. The summed E-state index contributed by atoms with van der Waals surface area (Å²) in [4.78, 5) is 31.3. The third-order valence-electron chi connectivity index (χ3n) is 5.17. The number of aliphatic hydroxyl groups is 1. The maximum Gasteiger partial charge on any atom is 0.300 e. The molecule has 1 saturated heterocycles. The topological polar surface area (TPSA) is 79.7 Å². The third-order valence-corrected chi connectivity index (χ3v) is 5.17. The average Bonchev–Trinajstić information content (AvgIpc) is 3.10. The van der Waals surface area contributed by atoms with Crippen LogP contribution in [0.2, 0.25) is 0 Å². The standard InChI is InChI=1S/C25H20F2N2O4/c1-2-12-33-17-7-5-6-15(13-17)23(30)21-22(20-8-3-4-11-28-20)29(25(32)24(21)31)16-9-10-18(26)19(27)14-16/h3-11,13-14,22,30H,2,12H2,1H3/b23-21+. The summed E-state index contributed by atoms with van der Waals surface area (Å²) in [6.45, 7) is 2.43. The number of rotatable bonds is 6. The molecule has 1 atom stereocenters. The van der Waals surface area contributed by atoms with Gasteiger partial charge >= 0.3 is 0 Å². The molecule has 1 amide bonds. The molecule has 1 fully saturated rings. The first-order chi connectivity index (χ1) is 15.9. The van der Waals surface area contributed by atoms with Crippen LogP contribution in [0.25, 0.3) is 5.76 Å². The van der Waals surface area contributed by atoms with Crippen LogP contribution < -0.4 is 9.64 Å². The zero-order chi connectivity index (χ0) is 23.5. The van der Waals surface area contributed by atoms with Gasteiger partial charge in [0, 0.05) is 23.5 Å². The highest BCUT2D eigenvalue weighted by atomic mass is 19.2. The van der Waals surface area contributed by atoms with Gasteiger partial charge in [-0.1, -0.05) is 25.1 Å². The first kappa shape index (κ1) is 22.1. The number of hydrogen-bond donors (Lipinski definition) is 1. The van der Waals surface area contributed by atoms with Crippen LogP contribution in [-0.2, 0) is 9.59 Å². The lowest BCUT2D eigenvalue weighted by atomic mass is 9.98. The molecule has 1 unspecified atom stereocenters. The van der Waals surface area contributed by atoms with Gasteiger partial charge in [-0.15, -0.1) is 0 Å². The molecule has 6 nitrogen and oxygen atoms in total. The maximum atomic E-state index is 14.0. The molecule has 33 heavy (non-hydrogen) atoms. The monoisotopic (exact) mass is 450 g/mol. The molecule has 1 aliphatic rings. The molecule has 4 rings (SSSR count). The van der Waals surface area contributed by atoms with E-state index in [0.29, 0.717) is 12.4 Å². The Kier molecular flexibility index (Phi) is 6.17. The fraction of sp³-hybridized carbons (Fsp3) is 0.160. The van der Waals surface area contributed by atoms with Crippen molar-refractivity contribution in [2.24, 2.45) is 0 Å². The Hall–Kier alpha value is -4.07. The van der Waals surface area contributed by atoms with Gasteiger partial charge < -0.3 is 9.84 Å². The number of ether oxygens (including phenoxy) is 1. The minimum Gasteiger partial charge on any atom is -0.507 e. The summed E-state index contributed by atoms with van der Waals surface area (Å²) in [5.41, 5.74) is 0.302. The molecule has 168 valence electrons. The number of hydrogen-bond acceptors (Lipinski definition) is 5. The third kappa shape index (κ3) is 4.19. The van der Waals surface area contributed by atoms with Crippen LogP contribution in [0.1, 0.15) is 30.6 Å². The summed E-state index contributed by atoms with van der Waals surface area (Å²) in [6.07, 6.45) is 2.26. The van der Waals surface area contributed by atoms with E-state index in [1.165, 1.54) is 12.3 Å². The highest BCUT2D eigenvalue weighted by Crippen LogP contribution is 2.41. The van der Waals surface area contributed by atoms with Gasteiger partial charge in [-0.05, 0) is 42.8 Å². The summed E-state index contributed by atoms with van der Waals surface area (Å²) in [5, 5.41) is 11.1. The quantitative estimate of drug-likeness (QED) is 0.332. The van der Waals surface area contributed by atoms with Gasteiger partial charge in [-0.3, -0.25) is 19.5 Å². The molecule has 2 aromatic carbocycles. The number of aromatic nitrogens is 1. The lowest BCUT2D eigenvalue weighted by molar-refractivity contribution is -0.132. The van der Waals surface area contributed by atoms with Gasteiger partial charge in [0.1, 0.15) is 17.6 Å². The number of halogens is 2. The van der Waals surface area contributed by atoms with Crippen LogP contribution >= 0.6 is 0 Å². The van der Waals surface area contributed by atoms with Crippen LogP contribution in [0.5, 0.6) is 5.75 Å². The van der Waals surface area contributed by atoms with E-state index in [4.69, 9.17) is 4.74 Å². The Morgan fingerprint density at radius 2 is 1.88 bits per heavy atom. The number of nitrogens with zero attached hydrogens (tertiary/aromatic N) is 2. The lowest BCUT2D eigenvalue weighted by Gasteiger charge is -2.24. The van der Waals surface area contributed by atoms with Gasteiger partial charge in [0.2, 0.25) is 0 Å². The van der Waals surface area contributed by atoms with Crippen molar-refractivity contribution in [3.05, 3.63) is 95.3 Å². The molecular formula is C25H20F2N2O4. The molecule has 3 aromatic rings. The van der Waals surface area contributed by atoms with E-state index < -0.39 is 35.1 Å². The average molecular weight is 450 g/mol. The van der Waals surface area contributed by atoms with E-state index in [9.17, 15) is 23.5 Å². The van der Waals surface area contributed by atoms with Crippen LogP contribution in [0.15, 0.2) is 72.4 Å². The first-order valence-electron chi connectivity index (χ1n) is 10.3. The molecule has 0 saturated carbocycles. The zero-order valence-electron chi connectivity index (χ0n) is 17.7. The van der Waals surface area contributed by atoms with Gasteiger partial charge in [-0.25, -0.2) is 8.78 Å². The second-order valence-electron chi connectivity index (χ2n) is 7.40. The molecule has 0 radical (unpaired) electrons. The number of amides is 1. The number of pyridine rings is 1. The van der Waals surface area contributed by atoms with E-state index >= 15 is 0 Å². The van der Waals surface area contributed by atoms with E-state index in [1.54, 1.807) is 42.5 Å². The van der Waals surface area contributed by atoms with Crippen LogP contribution in [-0.4, -0.2) is 28.4 Å². The predicted octanol–water partition coefficient (Wildman–Crippen LogP) is 4.77. The minimum absolute atomic E-state index is 0.0364. The number of ketones is 1. The van der Waals surface area contributed by atoms with Crippen molar-refractivity contribution in [2.45, 2.75) is 19.4 Å². The Bertz CT molecular complexity index is 1240. The van der Waals surface area contributed by atoms with Crippen molar-refractivity contribution in [1.29, 1.82) is 0 Å². The zero-order valence-corrected chi connectivity index (χ0v) is 17.7. The smallest absolute Gasteiger partial charge is 0.300 e. The van der Waals surface area contributed by atoms with E-state index in [0.717, 1.165) is 23.5 Å². The summed E-state index contributed by atoms with van der Waals surface area (Å²) in [7, 11) is 0. The Morgan fingerprint density at radius 1 is 1.06 bits per heavy atom. The Morgan fingerprint density at radius 3 is 2.58 bits per heavy atom. The SMILES string of the molecule is CCCOc1cccc(/C(O)=C2\C(=O)C(=O)N(c3ccc(F)c(F)c3)C2c2ccccn2)c1. The second-order valence-corrected chi connectivity index (χ2v) is 7.40. The van der Waals surface area contributed by atoms with Crippen molar-refractivity contribution in [2.75, 3.05) is 11.5 Å². The highest BCUT2D eigenvalue weighted by molar-refractivity contribution is 6.51. The second kappa shape index (κ2) is 9.20. The fourth-order valence-electron chi connectivity index (χ4n) is 3.66. The summed E-state index contributed by atoms with van der Waals surface area (Å²) in [5.74, 6) is -4.14. The van der Waals surface area contributed by atoms with Gasteiger partial charge in [0.05, 0.1) is 17.9 Å². The van der Waals surface area contributed by atoms with Gasteiger partial charge in [0.15, 0.2) is 11.6 Å². The number of Topliss-reactive ketones (excluding diaryl/α,β-unsaturated/α-hetero) is 1. The van der Waals surface area contributed by atoms with Gasteiger partial charge in [-0.2, -0.15) is 0 Å². The van der Waals surface area contributed by atoms with Crippen LogP contribution in [0, 0.1) is 11.6 Å². The van der Waals surface area contributed by atoms with E-state index in [1.807, 2.05) is 6.92 Å². The molecule has 0 aliphatic carbocycles. The molecule has 2 heterocycles. The number of aliphatic hydroxyl groups excluding tert-OH is 1. The summed E-state index contributed by atoms with van der Waals surface area (Å²) < 4.78 is 33.1. The van der Waals surface area contributed by atoms with Crippen molar-refractivity contribution < 1.29 is 28.2 Å². The highest BCUT2D eigenvalue weighted by Gasteiger charge is 2.47. The number of anilines is 1. The van der Waals surface area contributed by atoms with Crippen molar-refractivity contribution in [1.82, 2.24) is 4.98 Å². The number of benzene rings is 2. The molecule has 1 aliphatic heterocycles. The molecular weight excluding hydrogens is 430 g/mol. The minimum atomic E-state index is -1.17. The molecule has 8 heteroatoms. The summed E-state index contributed by atoms with van der Waals surface area (Å²) in [6, 6.07) is 13.1. The van der Waals surface area contributed by atoms with E-state index in [2.05, 4.69) is 4.98 Å². The predicted molar refractivity (Wildman–Crippen MR) is 118 cm³/mol. The molecule has 1 aromatic heterocycles. The van der Waals surface area contributed by atoms with Crippen LogP contribution in [0.4, 0.5) is 14.5 Å². The van der Waals surface area contributed by atoms with Crippen molar-refractivity contribution in [3.8, 4) is 5.75 Å². The van der Waals surface area contributed by atoms with Crippen molar-refractivity contribution >= 4 is 23.1 Å². The molecule has 1 N–H and O–H groups in total. The van der Waals surface area contributed by atoms with E-state index in [-0.39, 0.29) is 22.5 Å². The molecule has 0 spiro atoms. The Labute approximate surface area is 188 Å². The van der Waals surface area contributed by atoms with Crippen LogP contribution in [0.3, 0.4) is 0 Å². The van der Waals surface area contributed by atoms with Crippen molar-refractivity contribution in [3.63, 3.8) is 0 Å². The lowest BCUT2D eigenvalue weighted by Crippen LogP contribution is -2.30.